The van der Waals surface area contributed by atoms with Crippen LogP contribution in [-0.2, 0) is 12.8 Å². The maximum atomic E-state index is 13.0. The number of hydrogen-bond donors (Lipinski definition) is 1. The number of halogens is 2. The maximum Gasteiger partial charge on any atom is 0.124 e. The Balaban J connectivity index is 1.75. The second-order valence-corrected chi connectivity index (χ2v) is 5.42. The van der Waals surface area contributed by atoms with Crippen LogP contribution in [0.1, 0.15) is 22.6 Å². The van der Waals surface area contributed by atoms with Crippen molar-refractivity contribution in [1.82, 2.24) is 0 Å². The summed E-state index contributed by atoms with van der Waals surface area (Å²) in [5.74, 6) is -0.186. The van der Waals surface area contributed by atoms with Crippen molar-refractivity contribution in [2.45, 2.75) is 24.9 Å². The molecule has 0 aromatic heterocycles. The summed E-state index contributed by atoms with van der Waals surface area (Å²) in [4.78, 5) is 0. The normalized spacial score (nSPS) is 18.6. The molecule has 2 aromatic carbocycles. The molecule has 0 heterocycles. The van der Waals surface area contributed by atoms with Crippen molar-refractivity contribution in [2.24, 2.45) is 0 Å². The molecular weight excluding hydrogens is 263 g/mol. The molecule has 2 atom stereocenters. The number of benzene rings is 2. The van der Waals surface area contributed by atoms with Crippen LogP contribution in [0.25, 0.3) is 0 Å². The molecule has 19 heavy (non-hydrogen) atoms. The lowest BCUT2D eigenvalue weighted by Gasteiger charge is -2.34. The maximum absolute atomic E-state index is 13.0. The fraction of sp³-hybridized carbons (Fsp3) is 0.250. The van der Waals surface area contributed by atoms with Gasteiger partial charge in [0, 0.05) is 17.4 Å². The minimum absolute atomic E-state index is 0.164. The van der Waals surface area contributed by atoms with Gasteiger partial charge in [0.2, 0.25) is 0 Å². The van der Waals surface area contributed by atoms with Crippen LogP contribution < -0.4 is 0 Å². The second kappa shape index (κ2) is 4.95. The van der Waals surface area contributed by atoms with Crippen LogP contribution in [-0.4, -0.2) is 11.2 Å². The number of aliphatic hydroxyl groups is 1. The molecule has 1 aliphatic rings. The molecule has 2 aromatic rings. The summed E-state index contributed by atoms with van der Waals surface area (Å²) in [6.07, 6.45) is 0.881. The Hall–Kier alpha value is -1.38. The lowest BCUT2D eigenvalue weighted by Crippen LogP contribution is -2.30. The molecule has 3 rings (SSSR count). The zero-order valence-electron chi connectivity index (χ0n) is 10.3. The third-order valence-electron chi connectivity index (χ3n) is 3.80. The van der Waals surface area contributed by atoms with E-state index in [1.165, 1.54) is 23.3 Å². The van der Waals surface area contributed by atoms with E-state index in [4.69, 9.17) is 11.6 Å². The van der Waals surface area contributed by atoms with Gasteiger partial charge in [-0.25, -0.2) is 4.39 Å². The molecule has 0 aliphatic heterocycles. The van der Waals surface area contributed by atoms with Crippen LogP contribution in [0.5, 0.6) is 0 Å². The van der Waals surface area contributed by atoms with Gasteiger partial charge >= 0.3 is 0 Å². The average Bonchev–Trinajstić information content (AvgIpc) is 2.34. The summed E-state index contributed by atoms with van der Waals surface area (Å²) in [6, 6.07) is 12.5. The predicted octanol–water partition coefficient (Wildman–Crippen LogP) is 3.72. The van der Waals surface area contributed by atoms with E-state index in [1.807, 2.05) is 12.1 Å². The van der Waals surface area contributed by atoms with Crippen molar-refractivity contribution >= 4 is 11.6 Å². The highest BCUT2D eigenvalue weighted by atomic mass is 35.5. The van der Waals surface area contributed by atoms with E-state index in [1.54, 1.807) is 6.07 Å². The van der Waals surface area contributed by atoms with E-state index in [0.29, 0.717) is 11.4 Å². The Kier molecular flexibility index (Phi) is 3.29. The monoisotopic (exact) mass is 276 g/mol. The van der Waals surface area contributed by atoms with Crippen LogP contribution in [0.4, 0.5) is 4.39 Å². The van der Waals surface area contributed by atoms with Gasteiger partial charge in [0.15, 0.2) is 0 Å². The molecule has 0 saturated carbocycles. The van der Waals surface area contributed by atoms with Gasteiger partial charge in [-0.3, -0.25) is 0 Å². The highest BCUT2D eigenvalue weighted by Gasteiger charge is 2.31. The lowest BCUT2D eigenvalue weighted by molar-refractivity contribution is 0.133. The molecule has 0 fully saturated rings. The number of hydrogen-bond acceptors (Lipinski definition) is 1. The number of fused-ring (bicyclic) bond motifs is 1. The second-order valence-electron chi connectivity index (χ2n) is 5.02. The van der Waals surface area contributed by atoms with Crippen molar-refractivity contribution in [3.05, 3.63) is 70.0 Å². The van der Waals surface area contributed by atoms with Crippen LogP contribution in [0.2, 0.25) is 5.02 Å². The highest BCUT2D eigenvalue weighted by Crippen LogP contribution is 2.38. The van der Waals surface area contributed by atoms with Crippen LogP contribution in [0.3, 0.4) is 0 Å². The molecule has 0 spiro atoms. The van der Waals surface area contributed by atoms with Crippen molar-refractivity contribution in [3.63, 3.8) is 0 Å². The van der Waals surface area contributed by atoms with Gasteiger partial charge < -0.3 is 5.11 Å². The SMILES string of the molecule is OC(Cc1ccc(F)cc1Cl)C1Cc2ccccc21. The van der Waals surface area contributed by atoms with E-state index in [-0.39, 0.29) is 11.7 Å². The van der Waals surface area contributed by atoms with Crippen molar-refractivity contribution in [1.29, 1.82) is 0 Å². The third kappa shape index (κ3) is 2.38. The van der Waals surface area contributed by atoms with Gasteiger partial charge in [-0.2, -0.15) is 0 Å². The first-order valence-corrected chi connectivity index (χ1v) is 6.73. The van der Waals surface area contributed by atoms with E-state index in [2.05, 4.69) is 12.1 Å². The molecule has 2 unspecified atom stereocenters. The minimum atomic E-state index is -0.474. The highest BCUT2D eigenvalue weighted by molar-refractivity contribution is 6.31. The largest absolute Gasteiger partial charge is 0.392 e. The van der Waals surface area contributed by atoms with Gasteiger partial charge in [0.05, 0.1) is 6.10 Å². The standard InChI is InChI=1S/C16H14ClFO/c17-15-9-12(18)6-5-11(15)8-16(19)14-7-10-3-1-2-4-13(10)14/h1-6,9,14,16,19H,7-8H2. The Bertz CT molecular complexity index is 611. The fourth-order valence-electron chi connectivity index (χ4n) is 2.70. The fourth-order valence-corrected chi connectivity index (χ4v) is 2.94. The summed E-state index contributed by atoms with van der Waals surface area (Å²) in [6.45, 7) is 0. The van der Waals surface area contributed by atoms with E-state index in [0.717, 1.165) is 12.0 Å². The first-order chi connectivity index (χ1) is 9.15. The van der Waals surface area contributed by atoms with Gasteiger partial charge in [-0.05, 0) is 35.2 Å². The lowest BCUT2D eigenvalue weighted by atomic mass is 9.73. The summed E-state index contributed by atoms with van der Waals surface area (Å²) in [5, 5.41) is 10.7. The third-order valence-corrected chi connectivity index (χ3v) is 4.15. The molecule has 0 saturated heterocycles. The van der Waals surface area contributed by atoms with Gasteiger partial charge in [-0.1, -0.05) is 41.9 Å². The van der Waals surface area contributed by atoms with Gasteiger partial charge in [-0.15, -0.1) is 0 Å². The summed E-state index contributed by atoms with van der Waals surface area (Å²) < 4.78 is 13.0. The minimum Gasteiger partial charge on any atom is -0.392 e. The van der Waals surface area contributed by atoms with Crippen LogP contribution >= 0.6 is 11.6 Å². The number of rotatable bonds is 3. The van der Waals surface area contributed by atoms with E-state index in [9.17, 15) is 9.50 Å². The molecule has 0 amide bonds. The molecule has 0 bridgehead atoms. The topological polar surface area (TPSA) is 20.2 Å². The molecule has 3 heteroatoms. The summed E-state index contributed by atoms with van der Waals surface area (Å²) in [5.41, 5.74) is 3.31. The summed E-state index contributed by atoms with van der Waals surface area (Å²) in [7, 11) is 0. The molecule has 1 aliphatic carbocycles. The molecule has 98 valence electrons. The zero-order chi connectivity index (χ0) is 13.4. The Morgan fingerprint density at radius 2 is 2.05 bits per heavy atom. The zero-order valence-corrected chi connectivity index (χ0v) is 11.1. The van der Waals surface area contributed by atoms with Crippen LogP contribution in [0, 0.1) is 5.82 Å². The van der Waals surface area contributed by atoms with Crippen molar-refractivity contribution in [2.75, 3.05) is 0 Å². The molecule has 1 N–H and O–H groups in total. The predicted molar refractivity (Wildman–Crippen MR) is 74.0 cm³/mol. The average molecular weight is 277 g/mol. The summed E-state index contributed by atoms with van der Waals surface area (Å²) >= 11 is 5.99. The Morgan fingerprint density at radius 1 is 1.26 bits per heavy atom. The van der Waals surface area contributed by atoms with Crippen LogP contribution in [0.15, 0.2) is 42.5 Å². The Morgan fingerprint density at radius 3 is 2.79 bits per heavy atom. The van der Waals surface area contributed by atoms with E-state index < -0.39 is 6.10 Å². The van der Waals surface area contributed by atoms with Crippen molar-refractivity contribution in [3.8, 4) is 0 Å². The smallest absolute Gasteiger partial charge is 0.124 e. The van der Waals surface area contributed by atoms with E-state index >= 15 is 0 Å². The molecular formula is C16H14ClFO. The van der Waals surface area contributed by atoms with Crippen molar-refractivity contribution < 1.29 is 9.50 Å². The first kappa shape index (κ1) is 12.6. The number of aliphatic hydroxyl groups excluding tert-OH is 1. The quantitative estimate of drug-likeness (QED) is 0.906. The van der Waals surface area contributed by atoms with Gasteiger partial charge in [0.1, 0.15) is 5.82 Å². The molecule has 1 nitrogen and oxygen atoms in total. The molecule has 0 radical (unpaired) electrons. The Labute approximate surface area is 116 Å². The first-order valence-electron chi connectivity index (χ1n) is 6.35. The van der Waals surface area contributed by atoms with Gasteiger partial charge in [0.25, 0.3) is 0 Å².